The van der Waals surface area contributed by atoms with E-state index >= 15 is 0 Å². The van der Waals surface area contributed by atoms with E-state index in [0.717, 1.165) is 23.5 Å². The van der Waals surface area contributed by atoms with Gasteiger partial charge in [0.25, 0.3) is 0 Å². The Labute approximate surface area is 133 Å². The van der Waals surface area contributed by atoms with Crippen LogP contribution in [-0.2, 0) is 15.4 Å². The SMILES string of the molecule is CCCCS(=O)(=O)NCC(C)(C)c1ccc2c(c1)OCCO2. The monoisotopic (exact) mass is 327 g/mol. The van der Waals surface area contributed by atoms with Gasteiger partial charge in [0.2, 0.25) is 10.0 Å². The van der Waals surface area contributed by atoms with Gasteiger partial charge in [0.15, 0.2) is 11.5 Å². The molecule has 0 fully saturated rings. The Morgan fingerprint density at radius 3 is 2.55 bits per heavy atom. The van der Waals surface area contributed by atoms with Crippen molar-refractivity contribution in [1.82, 2.24) is 4.72 Å². The summed E-state index contributed by atoms with van der Waals surface area (Å²) in [4.78, 5) is 0. The van der Waals surface area contributed by atoms with E-state index in [-0.39, 0.29) is 11.2 Å². The molecule has 0 unspecified atom stereocenters. The number of sulfonamides is 1. The maximum atomic E-state index is 11.9. The van der Waals surface area contributed by atoms with E-state index in [4.69, 9.17) is 9.47 Å². The normalized spacial score (nSPS) is 14.9. The summed E-state index contributed by atoms with van der Waals surface area (Å²) in [6.45, 7) is 7.47. The van der Waals surface area contributed by atoms with Crippen molar-refractivity contribution in [2.75, 3.05) is 25.5 Å². The fourth-order valence-electron chi connectivity index (χ4n) is 2.26. The van der Waals surface area contributed by atoms with Crippen molar-refractivity contribution in [3.63, 3.8) is 0 Å². The third kappa shape index (κ3) is 4.36. The fourth-order valence-corrected chi connectivity index (χ4v) is 3.66. The number of nitrogens with one attached hydrogen (secondary N) is 1. The summed E-state index contributed by atoms with van der Waals surface area (Å²) in [5.41, 5.74) is 0.699. The van der Waals surface area contributed by atoms with Gasteiger partial charge in [0.1, 0.15) is 13.2 Å². The van der Waals surface area contributed by atoms with Crippen LogP contribution in [0.2, 0.25) is 0 Å². The van der Waals surface area contributed by atoms with Gasteiger partial charge in [0.05, 0.1) is 5.75 Å². The minimum absolute atomic E-state index is 0.181. The van der Waals surface area contributed by atoms with E-state index < -0.39 is 10.0 Å². The van der Waals surface area contributed by atoms with Crippen molar-refractivity contribution >= 4 is 10.0 Å². The molecule has 0 amide bonds. The highest BCUT2D eigenvalue weighted by Gasteiger charge is 2.25. The van der Waals surface area contributed by atoms with Crippen LogP contribution in [0.3, 0.4) is 0 Å². The highest BCUT2D eigenvalue weighted by molar-refractivity contribution is 7.89. The van der Waals surface area contributed by atoms with Crippen LogP contribution in [0.4, 0.5) is 0 Å². The summed E-state index contributed by atoms with van der Waals surface area (Å²) in [5.74, 6) is 1.65. The summed E-state index contributed by atoms with van der Waals surface area (Å²) < 4.78 is 37.7. The van der Waals surface area contributed by atoms with Gasteiger partial charge in [-0.3, -0.25) is 0 Å². The first-order valence-electron chi connectivity index (χ1n) is 7.71. The molecule has 0 saturated carbocycles. The molecule has 0 atom stereocenters. The zero-order chi connectivity index (χ0) is 16.2. The molecule has 0 radical (unpaired) electrons. The molecule has 1 aliphatic rings. The zero-order valence-corrected chi connectivity index (χ0v) is 14.3. The van der Waals surface area contributed by atoms with Crippen LogP contribution >= 0.6 is 0 Å². The van der Waals surface area contributed by atoms with E-state index in [9.17, 15) is 8.42 Å². The molecule has 0 saturated heterocycles. The van der Waals surface area contributed by atoms with Crippen molar-refractivity contribution < 1.29 is 17.9 Å². The molecular formula is C16H25NO4S. The van der Waals surface area contributed by atoms with Crippen LogP contribution < -0.4 is 14.2 Å². The molecule has 0 bridgehead atoms. The topological polar surface area (TPSA) is 64.6 Å². The van der Waals surface area contributed by atoms with E-state index in [0.29, 0.717) is 26.2 Å². The highest BCUT2D eigenvalue weighted by atomic mass is 32.2. The van der Waals surface area contributed by atoms with E-state index in [1.165, 1.54) is 0 Å². The van der Waals surface area contributed by atoms with Crippen LogP contribution in [0.15, 0.2) is 18.2 Å². The molecule has 1 N–H and O–H groups in total. The first-order chi connectivity index (χ1) is 10.3. The van der Waals surface area contributed by atoms with E-state index in [1.807, 2.05) is 39.0 Å². The lowest BCUT2D eigenvalue weighted by Crippen LogP contribution is -2.37. The zero-order valence-electron chi connectivity index (χ0n) is 13.5. The van der Waals surface area contributed by atoms with Crippen LogP contribution in [-0.4, -0.2) is 33.9 Å². The predicted octanol–water partition coefficient (Wildman–Crippen LogP) is 2.45. The second-order valence-corrected chi connectivity index (χ2v) is 8.16. The predicted molar refractivity (Wildman–Crippen MR) is 87.2 cm³/mol. The lowest BCUT2D eigenvalue weighted by Gasteiger charge is -2.27. The van der Waals surface area contributed by atoms with Crippen LogP contribution in [0, 0.1) is 0 Å². The second kappa shape index (κ2) is 6.87. The molecule has 0 spiro atoms. The third-order valence-electron chi connectivity index (χ3n) is 3.82. The molecule has 0 aromatic heterocycles. The number of hydrogen-bond acceptors (Lipinski definition) is 4. The van der Waals surface area contributed by atoms with E-state index in [2.05, 4.69) is 4.72 Å². The van der Waals surface area contributed by atoms with Crippen LogP contribution in [0.1, 0.15) is 39.2 Å². The van der Waals surface area contributed by atoms with Crippen molar-refractivity contribution in [1.29, 1.82) is 0 Å². The molecule has 22 heavy (non-hydrogen) atoms. The maximum Gasteiger partial charge on any atom is 0.211 e. The summed E-state index contributed by atoms with van der Waals surface area (Å²) in [6.07, 6.45) is 1.55. The van der Waals surface area contributed by atoms with Crippen molar-refractivity contribution in [3.8, 4) is 11.5 Å². The highest BCUT2D eigenvalue weighted by Crippen LogP contribution is 2.34. The van der Waals surface area contributed by atoms with Crippen molar-refractivity contribution in [2.24, 2.45) is 0 Å². The van der Waals surface area contributed by atoms with Gasteiger partial charge in [-0.2, -0.15) is 0 Å². The van der Waals surface area contributed by atoms with Gasteiger partial charge in [0, 0.05) is 12.0 Å². The number of rotatable bonds is 7. The number of hydrogen-bond donors (Lipinski definition) is 1. The molecule has 5 nitrogen and oxygen atoms in total. The Bertz CT molecular complexity index is 611. The standard InChI is InChI=1S/C16H25NO4S/c1-4-5-10-22(18,19)17-12-16(2,3)13-6-7-14-15(11-13)21-9-8-20-14/h6-7,11,17H,4-5,8-10,12H2,1-3H3. The van der Waals surface area contributed by atoms with Crippen LogP contribution in [0.5, 0.6) is 11.5 Å². The Morgan fingerprint density at radius 1 is 1.18 bits per heavy atom. The molecule has 124 valence electrons. The first-order valence-corrected chi connectivity index (χ1v) is 9.37. The van der Waals surface area contributed by atoms with Gasteiger partial charge in [-0.15, -0.1) is 0 Å². The molecule has 2 rings (SSSR count). The Morgan fingerprint density at radius 2 is 1.86 bits per heavy atom. The van der Waals surface area contributed by atoms with Gasteiger partial charge >= 0.3 is 0 Å². The summed E-state index contributed by atoms with van der Waals surface area (Å²) in [5, 5.41) is 0. The molecule has 6 heteroatoms. The largest absolute Gasteiger partial charge is 0.486 e. The third-order valence-corrected chi connectivity index (χ3v) is 5.23. The first kappa shape index (κ1) is 17.1. The van der Waals surface area contributed by atoms with E-state index in [1.54, 1.807) is 0 Å². The average molecular weight is 327 g/mol. The lowest BCUT2D eigenvalue weighted by atomic mass is 9.84. The number of fused-ring (bicyclic) bond motifs is 1. The quantitative estimate of drug-likeness (QED) is 0.835. The molecule has 1 aromatic rings. The fraction of sp³-hybridized carbons (Fsp3) is 0.625. The second-order valence-electron chi connectivity index (χ2n) is 6.24. The van der Waals surface area contributed by atoms with Gasteiger partial charge in [-0.05, 0) is 24.1 Å². The van der Waals surface area contributed by atoms with Crippen molar-refractivity contribution in [2.45, 2.75) is 39.0 Å². The van der Waals surface area contributed by atoms with Gasteiger partial charge in [-0.1, -0.05) is 33.3 Å². The molecular weight excluding hydrogens is 302 g/mol. The Hall–Kier alpha value is -1.27. The number of benzene rings is 1. The Balaban J connectivity index is 2.06. The summed E-state index contributed by atoms with van der Waals surface area (Å²) >= 11 is 0. The summed E-state index contributed by atoms with van der Waals surface area (Å²) in [7, 11) is -3.21. The van der Waals surface area contributed by atoms with Gasteiger partial charge < -0.3 is 9.47 Å². The van der Waals surface area contributed by atoms with Gasteiger partial charge in [-0.25, -0.2) is 13.1 Å². The Kier molecular flexibility index (Phi) is 5.34. The lowest BCUT2D eigenvalue weighted by molar-refractivity contribution is 0.171. The van der Waals surface area contributed by atoms with Crippen molar-refractivity contribution in [3.05, 3.63) is 23.8 Å². The average Bonchev–Trinajstić information content (AvgIpc) is 2.51. The number of unbranched alkanes of at least 4 members (excludes halogenated alkanes) is 1. The smallest absolute Gasteiger partial charge is 0.211 e. The maximum absolute atomic E-state index is 11.9. The molecule has 1 aromatic carbocycles. The number of ether oxygens (including phenoxy) is 2. The minimum atomic E-state index is -3.21. The summed E-state index contributed by atoms with van der Waals surface area (Å²) in [6, 6.07) is 5.79. The minimum Gasteiger partial charge on any atom is -0.486 e. The molecule has 0 aliphatic carbocycles. The molecule has 1 heterocycles. The van der Waals surface area contributed by atoms with Crippen LogP contribution in [0.25, 0.3) is 0 Å². The molecule has 1 aliphatic heterocycles.